The number of sulfone groups is 1. The third-order valence-corrected chi connectivity index (χ3v) is 6.03. The molecule has 1 N–H and O–H groups in total. The molecule has 2 fully saturated rings. The molecule has 1 aromatic rings. The molecule has 8 nitrogen and oxygen atoms in total. The van der Waals surface area contributed by atoms with Gasteiger partial charge in [0.15, 0.2) is 9.84 Å². The van der Waals surface area contributed by atoms with Gasteiger partial charge in [-0.2, -0.15) is 0 Å². The number of hydrogen-bond acceptors (Lipinski definition) is 5. The summed E-state index contributed by atoms with van der Waals surface area (Å²) < 4.78 is 23.0. The summed E-state index contributed by atoms with van der Waals surface area (Å²) >= 11 is 0. The van der Waals surface area contributed by atoms with Crippen LogP contribution in [0.4, 0.5) is 10.6 Å². The van der Waals surface area contributed by atoms with Gasteiger partial charge in [-0.25, -0.2) is 18.2 Å². The van der Waals surface area contributed by atoms with Crippen molar-refractivity contribution in [2.24, 2.45) is 5.41 Å². The fraction of sp³-hybridized carbons (Fsp3) is 0.533. The van der Waals surface area contributed by atoms with Crippen molar-refractivity contribution in [2.45, 2.75) is 24.2 Å². The number of carboxylic acid groups (broad SMARTS) is 1. The smallest absolute Gasteiger partial charge is 0.407 e. The molecule has 0 aliphatic carbocycles. The highest BCUT2D eigenvalue weighted by Gasteiger charge is 2.49. The van der Waals surface area contributed by atoms with Gasteiger partial charge in [0, 0.05) is 32.1 Å². The second kappa shape index (κ2) is 5.73. The Morgan fingerprint density at radius 3 is 2.33 bits per heavy atom. The van der Waals surface area contributed by atoms with Gasteiger partial charge in [-0.15, -0.1) is 0 Å². The fourth-order valence-electron chi connectivity index (χ4n) is 3.38. The molecule has 2 aliphatic heterocycles. The molecule has 0 radical (unpaired) electrons. The summed E-state index contributed by atoms with van der Waals surface area (Å²) in [5, 5.41) is 9.03. The number of hydrogen-bond donors (Lipinski definition) is 1. The highest BCUT2D eigenvalue weighted by atomic mass is 32.2. The molecule has 0 aromatic carbocycles. The normalized spacial score (nSPS) is 20.6. The Hall–Kier alpha value is -2.16. The summed E-state index contributed by atoms with van der Waals surface area (Å²) in [6.07, 6.45) is 3.09. The van der Waals surface area contributed by atoms with Crippen molar-refractivity contribution >= 4 is 27.7 Å². The number of rotatable bonds is 2. The molecule has 24 heavy (non-hydrogen) atoms. The molecule has 2 aliphatic rings. The summed E-state index contributed by atoms with van der Waals surface area (Å²) in [5.41, 5.74) is -0.525. The van der Waals surface area contributed by atoms with Crippen molar-refractivity contribution in [1.82, 2.24) is 9.88 Å². The lowest BCUT2D eigenvalue weighted by atomic mass is 9.77. The molecule has 3 heterocycles. The van der Waals surface area contributed by atoms with Gasteiger partial charge in [0.25, 0.3) is 0 Å². The van der Waals surface area contributed by atoms with Crippen LogP contribution in [0.3, 0.4) is 0 Å². The molecule has 130 valence electrons. The van der Waals surface area contributed by atoms with Gasteiger partial charge < -0.3 is 10.0 Å². The van der Waals surface area contributed by atoms with Gasteiger partial charge in [-0.3, -0.25) is 9.69 Å². The van der Waals surface area contributed by atoms with E-state index in [0.717, 1.165) is 6.26 Å². The van der Waals surface area contributed by atoms with Crippen LogP contribution in [0.1, 0.15) is 19.3 Å². The Labute approximate surface area is 140 Å². The first kappa shape index (κ1) is 16.7. The average Bonchev–Trinajstić information content (AvgIpc) is 2.84. The van der Waals surface area contributed by atoms with E-state index in [9.17, 15) is 18.0 Å². The number of carbonyl (C=O) groups excluding carboxylic acids is 1. The number of pyridine rings is 1. The van der Waals surface area contributed by atoms with E-state index in [1.54, 1.807) is 11.0 Å². The maximum atomic E-state index is 12.8. The first-order valence-corrected chi connectivity index (χ1v) is 9.58. The van der Waals surface area contributed by atoms with Crippen molar-refractivity contribution in [3.05, 3.63) is 18.3 Å². The molecule has 2 saturated heterocycles. The molecule has 9 heteroatoms. The third kappa shape index (κ3) is 2.83. The quantitative estimate of drug-likeness (QED) is 0.849. The summed E-state index contributed by atoms with van der Waals surface area (Å²) in [6, 6.07) is 2.99. The van der Waals surface area contributed by atoms with E-state index in [0.29, 0.717) is 44.7 Å². The number of likely N-dealkylation sites (tertiary alicyclic amines) is 1. The molecular weight excluding hydrogens is 334 g/mol. The van der Waals surface area contributed by atoms with Crippen LogP contribution >= 0.6 is 0 Å². The fourth-order valence-corrected chi connectivity index (χ4v) is 3.94. The van der Waals surface area contributed by atoms with E-state index in [1.165, 1.54) is 17.2 Å². The minimum Gasteiger partial charge on any atom is -0.465 e. The zero-order valence-corrected chi connectivity index (χ0v) is 14.1. The van der Waals surface area contributed by atoms with Crippen LogP contribution in [-0.4, -0.2) is 61.3 Å². The topological polar surface area (TPSA) is 108 Å². The zero-order valence-electron chi connectivity index (χ0n) is 13.3. The summed E-state index contributed by atoms with van der Waals surface area (Å²) in [7, 11) is -3.32. The molecule has 0 unspecified atom stereocenters. The van der Waals surface area contributed by atoms with Crippen molar-refractivity contribution in [2.75, 3.05) is 30.8 Å². The largest absolute Gasteiger partial charge is 0.465 e. The highest BCUT2D eigenvalue weighted by molar-refractivity contribution is 7.90. The number of amides is 2. The van der Waals surface area contributed by atoms with E-state index < -0.39 is 21.3 Å². The van der Waals surface area contributed by atoms with E-state index in [4.69, 9.17) is 5.11 Å². The van der Waals surface area contributed by atoms with E-state index in [1.807, 2.05) is 0 Å². The minimum atomic E-state index is -3.32. The van der Waals surface area contributed by atoms with Crippen LogP contribution in [0.25, 0.3) is 0 Å². The van der Waals surface area contributed by atoms with Gasteiger partial charge in [0.1, 0.15) is 5.82 Å². The molecular formula is C15H19N3O5S. The Morgan fingerprint density at radius 2 is 1.83 bits per heavy atom. The van der Waals surface area contributed by atoms with Crippen LogP contribution < -0.4 is 4.90 Å². The number of nitrogens with zero attached hydrogens (tertiary/aromatic N) is 3. The van der Waals surface area contributed by atoms with Crippen molar-refractivity contribution < 1.29 is 23.1 Å². The van der Waals surface area contributed by atoms with Crippen LogP contribution in [-0.2, 0) is 14.6 Å². The summed E-state index contributed by atoms with van der Waals surface area (Å²) in [6.45, 7) is 1.22. The Bertz CT molecular complexity index is 767. The number of carbonyl (C=O) groups is 2. The Morgan fingerprint density at radius 1 is 1.21 bits per heavy atom. The molecule has 2 amide bonds. The minimum absolute atomic E-state index is 0.0489. The maximum absolute atomic E-state index is 12.8. The SMILES string of the molecule is CS(=O)(=O)c1ccc(N2CCC3(CCN(C(=O)O)CC3)C2=O)nc1. The van der Waals surface area contributed by atoms with Gasteiger partial charge in [-0.1, -0.05) is 0 Å². The standard InChI is InChI=1S/C15H19N3O5S/c1-24(22,23)11-2-3-12(16-10-11)18-9-6-15(13(18)19)4-7-17(8-5-15)14(20)21/h2-3,10H,4-9H2,1H3,(H,20,21). The second-order valence-corrected chi connectivity index (χ2v) is 8.40. The van der Waals surface area contributed by atoms with Crippen LogP contribution in [0, 0.1) is 5.41 Å². The van der Waals surface area contributed by atoms with E-state index in [-0.39, 0.29) is 10.8 Å². The van der Waals surface area contributed by atoms with Crippen LogP contribution in [0.2, 0.25) is 0 Å². The van der Waals surface area contributed by atoms with Crippen LogP contribution in [0.15, 0.2) is 23.2 Å². The number of piperidine rings is 1. The number of anilines is 1. The second-order valence-electron chi connectivity index (χ2n) is 6.38. The van der Waals surface area contributed by atoms with Gasteiger partial charge >= 0.3 is 6.09 Å². The van der Waals surface area contributed by atoms with Crippen molar-refractivity contribution in [3.8, 4) is 0 Å². The van der Waals surface area contributed by atoms with Crippen molar-refractivity contribution in [1.29, 1.82) is 0 Å². The predicted octanol–water partition coefficient (Wildman–Crippen LogP) is 0.982. The summed E-state index contributed by atoms with van der Waals surface area (Å²) in [4.78, 5) is 31.0. The monoisotopic (exact) mass is 353 g/mol. The first-order chi connectivity index (χ1) is 11.2. The molecule has 0 atom stereocenters. The average molecular weight is 353 g/mol. The van der Waals surface area contributed by atoms with E-state index in [2.05, 4.69) is 4.98 Å². The maximum Gasteiger partial charge on any atom is 0.407 e. The Kier molecular flexibility index (Phi) is 3.98. The molecule has 0 saturated carbocycles. The predicted molar refractivity (Wildman–Crippen MR) is 85.6 cm³/mol. The van der Waals surface area contributed by atoms with Gasteiger partial charge in [-0.05, 0) is 31.4 Å². The molecule has 3 rings (SSSR count). The van der Waals surface area contributed by atoms with E-state index >= 15 is 0 Å². The lowest BCUT2D eigenvalue weighted by Crippen LogP contribution is -2.46. The van der Waals surface area contributed by atoms with Gasteiger partial charge in [0.05, 0.1) is 10.3 Å². The highest BCUT2D eigenvalue weighted by Crippen LogP contribution is 2.42. The van der Waals surface area contributed by atoms with Gasteiger partial charge in [0.2, 0.25) is 5.91 Å². The molecule has 1 aromatic heterocycles. The Balaban J connectivity index is 1.76. The molecule has 1 spiro atoms. The number of aromatic nitrogens is 1. The molecule has 0 bridgehead atoms. The lowest BCUT2D eigenvalue weighted by Gasteiger charge is -2.36. The van der Waals surface area contributed by atoms with Crippen molar-refractivity contribution in [3.63, 3.8) is 0 Å². The third-order valence-electron chi connectivity index (χ3n) is 4.93. The zero-order chi connectivity index (χ0) is 17.5. The van der Waals surface area contributed by atoms with Crippen LogP contribution in [0.5, 0.6) is 0 Å². The lowest BCUT2D eigenvalue weighted by molar-refractivity contribution is -0.127. The first-order valence-electron chi connectivity index (χ1n) is 7.69. The summed E-state index contributed by atoms with van der Waals surface area (Å²) in [5.74, 6) is 0.386.